The van der Waals surface area contributed by atoms with Crippen molar-refractivity contribution in [3.8, 4) is 0 Å². The van der Waals surface area contributed by atoms with Gasteiger partial charge in [0, 0.05) is 25.4 Å². The van der Waals surface area contributed by atoms with Crippen molar-refractivity contribution in [2.45, 2.75) is 58.6 Å². The zero-order chi connectivity index (χ0) is 12.5. The van der Waals surface area contributed by atoms with E-state index in [0.29, 0.717) is 18.3 Å². The van der Waals surface area contributed by atoms with Gasteiger partial charge in [-0.3, -0.25) is 0 Å². The molecule has 1 saturated carbocycles. The summed E-state index contributed by atoms with van der Waals surface area (Å²) in [6, 6.07) is 0. The molecule has 0 amide bonds. The fraction of sp³-hybridized carbons (Fsp3) is 0.786. The Bertz CT molecular complexity index is 374. The van der Waals surface area contributed by atoms with Gasteiger partial charge in [-0.15, -0.1) is 0 Å². The molecule has 0 radical (unpaired) electrons. The molecule has 1 heterocycles. The van der Waals surface area contributed by atoms with E-state index in [1.165, 1.54) is 6.42 Å². The van der Waals surface area contributed by atoms with Crippen LogP contribution in [0.3, 0.4) is 0 Å². The lowest BCUT2D eigenvalue weighted by molar-refractivity contribution is -0.0578. The van der Waals surface area contributed by atoms with E-state index in [4.69, 9.17) is 0 Å². The van der Waals surface area contributed by atoms with E-state index in [2.05, 4.69) is 30.3 Å². The minimum atomic E-state index is -0.560. The first-order valence-corrected chi connectivity index (χ1v) is 6.77. The minimum Gasteiger partial charge on any atom is -0.389 e. The summed E-state index contributed by atoms with van der Waals surface area (Å²) < 4.78 is 2.13. The largest absolute Gasteiger partial charge is 0.389 e. The van der Waals surface area contributed by atoms with Crippen LogP contribution in [0.4, 0.5) is 0 Å². The maximum absolute atomic E-state index is 10.8. The van der Waals surface area contributed by atoms with Crippen molar-refractivity contribution >= 4 is 0 Å². The van der Waals surface area contributed by atoms with Gasteiger partial charge in [0.15, 0.2) is 0 Å². The number of imidazole rings is 1. The van der Waals surface area contributed by atoms with Gasteiger partial charge >= 0.3 is 0 Å². The van der Waals surface area contributed by atoms with E-state index in [1.54, 1.807) is 0 Å². The first-order chi connectivity index (χ1) is 8.05. The maximum atomic E-state index is 10.8. The van der Waals surface area contributed by atoms with Gasteiger partial charge in [0.2, 0.25) is 0 Å². The summed E-state index contributed by atoms with van der Waals surface area (Å²) in [4.78, 5) is 4.39. The Labute approximate surface area is 104 Å². The molecule has 0 bridgehead atoms. The fourth-order valence-electron chi connectivity index (χ4n) is 3.03. The van der Waals surface area contributed by atoms with Gasteiger partial charge in [0.05, 0.1) is 5.60 Å². The molecule has 1 aromatic heterocycles. The number of hydrogen-bond acceptors (Lipinski definition) is 2. The molecule has 2 rings (SSSR count). The van der Waals surface area contributed by atoms with Gasteiger partial charge in [-0.25, -0.2) is 4.98 Å². The number of rotatable bonds is 3. The van der Waals surface area contributed by atoms with Crippen LogP contribution in [0.15, 0.2) is 12.4 Å². The monoisotopic (exact) mass is 236 g/mol. The van der Waals surface area contributed by atoms with E-state index in [1.807, 2.05) is 12.4 Å². The molecule has 3 unspecified atom stereocenters. The SMILES string of the molecule is CCn1ccnc1CC1(O)CC(C)CCC1C. The van der Waals surface area contributed by atoms with E-state index in [9.17, 15) is 5.11 Å². The van der Waals surface area contributed by atoms with Crippen LogP contribution in [-0.2, 0) is 13.0 Å². The van der Waals surface area contributed by atoms with Gasteiger partial charge in [-0.05, 0) is 31.6 Å². The average molecular weight is 236 g/mol. The predicted octanol–water partition coefficient (Wildman–Crippen LogP) is 2.63. The van der Waals surface area contributed by atoms with Gasteiger partial charge in [0.1, 0.15) is 5.82 Å². The van der Waals surface area contributed by atoms with Gasteiger partial charge in [0.25, 0.3) is 0 Å². The molecular formula is C14H24N2O. The van der Waals surface area contributed by atoms with Crippen LogP contribution in [-0.4, -0.2) is 20.3 Å². The zero-order valence-electron chi connectivity index (χ0n) is 11.2. The number of nitrogens with zero attached hydrogens (tertiary/aromatic N) is 2. The van der Waals surface area contributed by atoms with Crippen LogP contribution in [0.25, 0.3) is 0 Å². The minimum absolute atomic E-state index is 0.376. The van der Waals surface area contributed by atoms with Gasteiger partial charge in [-0.2, -0.15) is 0 Å². The van der Waals surface area contributed by atoms with Crippen molar-refractivity contribution in [3.05, 3.63) is 18.2 Å². The van der Waals surface area contributed by atoms with Crippen LogP contribution >= 0.6 is 0 Å². The Morgan fingerprint density at radius 3 is 2.94 bits per heavy atom. The number of aromatic nitrogens is 2. The van der Waals surface area contributed by atoms with Gasteiger partial charge in [-0.1, -0.05) is 20.3 Å². The lowest BCUT2D eigenvalue weighted by Crippen LogP contribution is -2.44. The maximum Gasteiger partial charge on any atom is 0.111 e. The molecule has 1 aromatic rings. The predicted molar refractivity (Wildman–Crippen MR) is 68.7 cm³/mol. The first kappa shape index (κ1) is 12.6. The van der Waals surface area contributed by atoms with Crippen molar-refractivity contribution in [2.24, 2.45) is 11.8 Å². The highest BCUT2D eigenvalue weighted by Gasteiger charge is 2.39. The second-order valence-electron chi connectivity index (χ2n) is 5.70. The molecule has 3 heteroatoms. The van der Waals surface area contributed by atoms with Gasteiger partial charge < -0.3 is 9.67 Å². The Kier molecular flexibility index (Phi) is 3.57. The highest BCUT2D eigenvalue weighted by Crippen LogP contribution is 2.38. The highest BCUT2D eigenvalue weighted by molar-refractivity contribution is 5.02. The van der Waals surface area contributed by atoms with Crippen LogP contribution in [0.1, 0.15) is 45.9 Å². The molecule has 0 aliphatic heterocycles. The number of hydrogen-bond donors (Lipinski definition) is 1. The van der Waals surface area contributed by atoms with E-state index in [0.717, 1.165) is 25.2 Å². The third-order valence-electron chi connectivity index (χ3n) is 4.32. The molecule has 0 saturated heterocycles. The summed E-state index contributed by atoms with van der Waals surface area (Å²) in [6.07, 6.45) is 7.80. The van der Waals surface area contributed by atoms with Crippen molar-refractivity contribution in [1.29, 1.82) is 0 Å². The highest BCUT2D eigenvalue weighted by atomic mass is 16.3. The Hall–Kier alpha value is -0.830. The van der Waals surface area contributed by atoms with Crippen molar-refractivity contribution in [3.63, 3.8) is 0 Å². The summed E-state index contributed by atoms with van der Waals surface area (Å²) in [7, 11) is 0. The molecule has 1 aliphatic carbocycles. The third kappa shape index (κ3) is 2.54. The van der Waals surface area contributed by atoms with Crippen LogP contribution in [0, 0.1) is 11.8 Å². The van der Waals surface area contributed by atoms with Crippen LogP contribution < -0.4 is 0 Å². The van der Waals surface area contributed by atoms with Crippen molar-refractivity contribution in [1.82, 2.24) is 9.55 Å². The Morgan fingerprint density at radius 1 is 1.47 bits per heavy atom. The molecule has 1 N–H and O–H groups in total. The average Bonchev–Trinajstić information content (AvgIpc) is 2.71. The van der Waals surface area contributed by atoms with E-state index in [-0.39, 0.29) is 0 Å². The molecule has 1 fully saturated rings. The Balaban J connectivity index is 2.15. The second kappa shape index (κ2) is 4.81. The number of aliphatic hydroxyl groups is 1. The lowest BCUT2D eigenvalue weighted by Gasteiger charge is -2.41. The standard InChI is InChI=1S/C14H24N2O/c1-4-16-8-7-15-13(16)10-14(17)9-11(2)5-6-12(14)3/h7-8,11-12,17H,4-6,9-10H2,1-3H3. The topological polar surface area (TPSA) is 38.0 Å². The second-order valence-corrected chi connectivity index (χ2v) is 5.70. The van der Waals surface area contributed by atoms with E-state index < -0.39 is 5.60 Å². The first-order valence-electron chi connectivity index (χ1n) is 6.77. The number of aryl methyl sites for hydroxylation is 1. The summed E-state index contributed by atoms with van der Waals surface area (Å²) >= 11 is 0. The summed E-state index contributed by atoms with van der Waals surface area (Å²) in [5.74, 6) is 2.03. The van der Waals surface area contributed by atoms with Crippen LogP contribution in [0.5, 0.6) is 0 Å². The summed E-state index contributed by atoms with van der Waals surface area (Å²) in [6.45, 7) is 7.45. The summed E-state index contributed by atoms with van der Waals surface area (Å²) in [5, 5.41) is 10.8. The van der Waals surface area contributed by atoms with E-state index >= 15 is 0 Å². The normalized spacial score (nSPS) is 33.9. The van der Waals surface area contributed by atoms with Crippen molar-refractivity contribution < 1.29 is 5.11 Å². The molecule has 0 aromatic carbocycles. The zero-order valence-corrected chi connectivity index (χ0v) is 11.2. The van der Waals surface area contributed by atoms with Crippen molar-refractivity contribution in [2.75, 3.05) is 0 Å². The molecule has 17 heavy (non-hydrogen) atoms. The molecule has 1 aliphatic rings. The molecule has 3 nitrogen and oxygen atoms in total. The van der Waals surface area contributed by atoms with Crippen LogP contribution in [0.2, 0.25) is 0 Å². The summed E-state index contributed by atoms with van der Waals surface area (Å²) in [5.41, 5.74) is -0.560. The smallest absolute Gasteiger partial charge is 0.111 e. The Morgan fingerprint density at radius 2 is 2.24 bits per heavy atom. The molecular weight excluding hydrogens is 212 g/mol. The quantitative estimate of drug-likeness (QED) is 0.876. The molecule has 96 valence electrons. The molecule has 0 spiro atoms. The third-order valence-corrected chi connectivity index (χ3v) is 4.32. The fourth-order valence-corrected chi connectivity index (χ4v) is 3.03. The molecule has 3 atom stereocenters. The lowest BCUT2D eigenvalue weighted by atomic mass is 9.70.